The molecule has 0 heterocycles. The van der Waals surface area contributed by atoms with Crippen LogP contribution in [0.25, 0.3) is 0 Å². The van der Waals surface area contributed by atoms with Crippen molar-refractivity contribution in [1.82, 2.24) is 10.2 Å². The largest absolute Gasteiger partial charge is 0.481 e. The Bertz CT molecular complexity index is 262. The first kappa shape index (κ1) is 18.0. The van der Waals surface area contributed by atoms with E-state index in [1.165, 1.54) is 0 Å². The van der Waals surface area contributed by atoms with E-state index in [1.54, 1.807) is 13.8 Å². The van der Waals surface area contributed by atoms with Crippen molar-refractivity contribution < 1.29 is 14.7 Å². The first-order chi connectivity index (χ1) is 7.76. The Hall–Kier alpha value is -1.36. The predicted molar refractivity (Wildman–Crippen MR) is 68.6 cm³/mol. The van der Waals surface area contributed by atoms with Crippen molar-refractivity contribution in [2.24, 2.45) is 0 Å². The van der Waals surface area contributed by atoms with Crippen molar-refractivity contribution in [3.63, 3.8) is 0 Å². The van der Waals surface area contributed by atoms with Gasteiger partial charge in [0.05, 0.1) is 6.17 Å². The monoisotopic (exact) mass is 244 g/mol. The molecule has 0 saturated heterocycles. The number of amides is 1. The number of rotatable bonds is 5. The van der Waals surface area contributed by atoms with Crippen LogP contribution in [0.5, 0.6) is 0 Å². The van der Waals surface area contributed by atoms with Gasteiger partial charge in [0, 0.05) is 12.0 Å². The average Bonchev–Trinajstić information content (AvgIpc) is 2.25. The molecule has 0 aromatic carbocycles. The molecule has 1 atom stereocenters. The molecule has 5 nitrogen and oxygen atoms in total. The molecule has 0 aromatic rings. The van der Waals surface area contributed by atoms with Gasteiger partial charge in [-0.1, -0.05) is 20.4 Å². The van der Waals surface area contributed by atoms with Crippen molar-refractivity contribution in [2.75, 3.05) is 14.1 Å². The van der Waals surface area contributed by atoms with Crippen LogP contribution >= 0.6 is 0 Å². The van der Waals surface area contributed by atoms with Gasteiger partial charge < -0.3 is 10.4 Å². The van der Waals surface area contributed by atoms with E-state index in [4.69, 9.17) is 5.11 Å². The quantitative estimate of drug-likeness (QED) is 0.567. The van der Waals surface area contributed by atoms with E-state index >= 15 is 0 Å². The summed E-state index contributed by atoms with van der Waals surface area (Å²) in [6.45, 7) is 8.91. The van der Waals surface area contributed by atoms with Gasteiger partial charge in [-0.25, -0.2) is 0 Å². The Labute approximate surface area is 103 Å². The Balaban J connectivity index is 0. The van der Waals surface area contributed by atoms with E-state index in [2.05, 4.69) is 11.9 Å². The van der Waals surface area contributed by atoms with E-state index in [-0.39, 0.29) is 18.5 Å². The molecule has 0 aliphatic heterocycles. The van der Waals surface area contributed by atoms with Crippen LogP contribution in [-0.2, 0) is 9.59 Å². The molecule has 1 unspecified atom stereocenters. The van der Waals surface area contributed by atoms with Gasteiger partial charge in [0.1, 0.15) is 0 Å². The Morgan fingerprint density at radius 3 is 1.94 bits per heavy atom. The number of carboxylic acid groups (broad SMARTS) is 1. The van der Waals surface area contributed by atoms with Crippen LogP contribution in [-0.4, -0.2) is 42.1 Å². The number of hydrogen-bond acceptors (Lipinski definition) is 3. The summed E-state index contributed by atoms with van der Waals surface area (Å²) < 4.78 is 0. The van der Waals surface area contributed by atoms with Gasteiger partial charge in [0.25, 0.3) is 0 Å². The number of aliphatic carboxylic acids is 1. The van der Waals surface area contributed by atoms with Crippen molar-refractivity contribution >= 4 is 11.9 Å². The second kappa shape index (κ2) is 9.84. The van der Waals surface area contributed by atoms with Crippen LogP contribution in [0.3, 0.4) is 0 Å². The van der Waals surface area contributed by atoms with Gasteiger partial charge in [0.15, 0.2) is 0 Å². The van der Waals surface area contributed by atoms with Crippen LogP contribution in [0, 0.1) is 0 Å². The molecule has 0 radical (unpaired) electrons. The van der Waals surface area contributed by atoms with Gasteiger partial charge in [0.2, 0.25) is 5.91 Å². The Kier molecular flexibility index (Phi) is 10.4. The van der Waals surface area contributed by atoms with E-state index < -0.39 is 5.97 Å². The average molecular weight is 244 g/mol. The highest BCUT2D eigenvalue weighted by atomic mass is 16.4. The molecule has 2 N–H and O–H groups in total. The Morgan fingerprint density at radius 2 is 1.76 bits per heavy atom. The molecule has 1 amide bonds. The summed E-state index contributed by atoms with van der Waals surface area (Å²) in [5, 5.41) is 10.6. The fourth-order valence-electron chi connectivity index (χ4n) is 0.871. The molecule has 5 heteroatoms. The molecule has 0 aromatic heterocycles. The first-order valence-corrected chi connectivity index (χ1v) is 5.60. The minimum atomic E-state index is -0.745. The zero-order valence-electron chi connectivity index (χ0n) is 11.4. The molecule has 0 bridgehead atoms. The fourth-order valence-corrected chi connectivity index (χ4v) is 0.871. The van der Waals surface area contributed by atoms with Gasteiger partial charge in [-0.15, -0.1) is 0 Å². The summed E-state index contributed by atoms with van der Waals surface area (Å²) in [4.78, 5) is 22.5. The van der Waals surface area contributed by atoms with Crippen LogP contribution < -0.4 is 5.32 Å². The zero-order chi connectivity index (χ0) is 14.0. The molecular formula is C12H24N2O3. The van der Waals surface area contributed by atoms with Crippen molar-refractivity contribution in [3.8, 4) is 0 Å². The lowest BCUT2D eigenvalue weighted by molar-refractivity contribution is -0.136. The zero-order valence-corrected chi connectivity index (χ0v) is 11.4. The topological polar surface area (TPSA) is 69.6 Å². The number of carbonyl (C=O) groups is 2. The van der Waals surface area contributed by atoms with E-state index in [0.717, 1.165) is 6.42 Å². The second-order valence-electron chi connectivity index (χ2n) is 3.89. The molecular weight excluding hydrogens is 220 g/mol. The predicted octanol–water partition coefficient (Wildman–Crippen LogP) is 1.46. The highest BCUT2D eigenvalue weighted by Crippen LogP contribution is 1.96. The van der Waals surface area contributed by atoms with Gasteiger partial charge in [-0.05, 0) is 27.4 Å². The number of carbonyl (C=O) groups excluding carboxylic acids is 1. The fraction of sp³-hybridized carbons (Fsp3) is 0.667. The second-order valence-corrected chi connectivity index (χ2v) is 3.89. The molecule has 17 heavy (non-hydrogen) atoms. The minimum Gasteiger partial charge on any atom is -0.481 e. The van der Waals surface area contributed by atoms with Gasteiger partial charge >= 0.3 is 5.97 Å². The third-order valence-corrected chi connectivity index (χ3v) is 2.00. The number of hydrogen-bond donors (Lipinski definition) is 2. The Morgan fingerprint density at radius 1 is 1.35 bits per heavy atom. The third-order valence-electron chi connectivity index (χ3n) is 2.00. The lowest BCUT2D eigenvalue weighted by Crippen LogP contribution is -2.44. The van der Waals surface area contributed by atoms with Crippen LogP contribution in [0.4, 0.5) is 0 Å². The highest BCUT2D eigenvalue weighted by Gasteiger charge is 2.11. The smallest absolute Gasteiger partial charge is 0.303 e. The lowest BCUT2D eigenvalue weighted by atomic mass is 10.3. The van der Waals surface area contributed by atoms with E-state index in [9.17, 15) is 9.59 Å². The summed E-state index contributed by atoms with van der Waals surface area (Å²) in [6.07, 6.45) is 1.22. The van der Waals surface area contributed by atoms with E-state index in [1.807, 2.05) is 25.9 Å². The maximum absolute atomic E-state index is 11.2. The normalized spacial score (nSPS) is 11.2. The molecule has 0 spiro atoms. The van der Waals surface area contributed by atoms with Crippen LogP contribution in [0.2, 0.25) is 0 Å². The van der Waals surface area contributed by atoms with Gasteiger partial charge in [-0.3, -0.25) is 14.5 Å². The minimum absolute atomic E-state index is 0.0736. The standard InChI is InChI=1S/C9H18N2O.C3H6O2/c1-6-8(11(4)5)10-9(12)7(2)3;1-2-3(4)5/h8H,2,6H2,1,3-5H3,(H,10,12);2H2,1H3,(H,4,5). The molecule has 0 fully saturated rings. The van der Waals surface area contributed by atoms with Crippen LogP contribution in [0.1, 0.15) is 33.6 Å². The summed E-state index contributed by atoms with van der Waals surface area (Å²) in [6, 6.07) is 0. The van der Waals surface area contributed by atoms with Crippen molar-refractivity contribution in [2.45, 2.75) is 39.8 Å². The maximum Gasteiger partial charge on any atom is 0.303 e. The van der Waals surface area contributed by atoms with Crippen LogP contribution in [0.15, 0.2) is 12.2 Å². The van der Waals surface area contributed by atoms with E-state index in [0.29, 0.717) is 5.57 Å². The summed E-state index contributed by atoms with van der Waals surface area (Å²) >= 11 is 0. The molecule has 0 aliphatic rings. The number of nitrogens with one attached hydrogen (secondary N) is 1. The first-order valence-electron chi connectivity index (χ1n) is 5.60. The summed E-state index contributed by atoms with van der Waals surface area (Å²) in [7, 11) is 3.87. The van der Waals surface area contributed by atoms with Crippen molar-refractivity contribution in [3.05, 3.63) is 12.2 Å². The SMILES string of the molecule is C=C(C)C(=O)NC(CC)N(C)C.CCC(=O)O. The number of carboxylic acids is 1. The summed E-state index contributed by atoms with van der Waals surface area (Å²) in [5.74, 6) is -0.819. The molecule has 0 rings (SSSR count). The summed E-state index contributed by atoms with van der Waals surface area (Å²) in [5.41, 5.74) is 0.551. The number of nitrogens with zero attached hydrogens (tertiary/aromatic N) is 1. The lowest BCUT2D eigenvalue weighted by Gasteiger charge is -2.23. The third kappa shape index (κ3) is 10.9. The van der Waals surface area contributed by atoms with Gasteiger partial charge in [-0.2, -0.15) is 0 Å². The molecule has 0 saturated carbocycles. The molecule has 100 valence electrons. The molecule has 0 aliphatic carbocycles. The maximum atomic E-state index is 11.2. The van der Waals surface area contributed by atoms with Crippen molar-refractivity contribution in [1.29, 1.82) is 0 Å². The highest BCUT2D eigenvalue weighted by molar-refractivity contribution is 5.92.